The molecule has 0 aromatic carbocycles. The Labute approximate surface area is 199 Å². The van der Waals surface area contributed by atoms with Crippen LogP contribution < -0.4 is 27.5 Å². The van der Waals surface area contributed by atoms with Gasteiger partial charge in [0.25, 0.3) is 0 Å². The summed E-state index contributed by atoms with van der Waals surface area (Å²) in [5.74, 6) is 0.154. The molecule has 0 saturated carbocycles. The van der Waals surface area contributed by atoms with E-state index in [1.54, 1.807) is 0 Å². The quantitative estimate of drug-likeness (QED) is 0.0711. The number of unbranched alkanes of at least 4 members (excludes halogenated alkanes) is 9. The summed E-state index contributed by atoms with van der Waals surface area (Å²) in [5, 5.41) is 12.3. The molecule has 9 nitrogen and oxygen atoms in total. The molecule has 9 heteroatoms. The van der Waals surface area contributed by atoms with Crippen LogP contribution in [0.4, 0.5) is 0 Å². The first-order valence-electron chi connectivity index (χ1n) is 12.7. The van der Waals surface area contributed by atoms with Crippen LogP contribution in [-0.4, -0.2) is 48.8 Å². The van der Waals surface area contributed by atoms with Crippen LogP contribution in [0.25, 0.3) is 0 Å². The molecule has 1 rings (SSSR count). The van der Waals surface area contributed by atoms with Gasteiger partial charge in [-0.25, -0.2) is 9.79 Å². The fraction of sp³-hybridized carbons (Fsp3) is 0.792. The van der Waals surface area contributed by atoms with E-state index >= 15 is 0 Å². The maximum atomic E-state index is 12.9. The van der Waals surface area contributed by atoms with Crippen molar-refractivity contribution < 1.29 is 19.6 Å². The Hall–Kier alpha value is -2.29. The van der Waals surface area contributed by atoms with E-state index < -0.39 is 0 Å². The number of ether oxygens (including phenoxy) is 1. The summed E-state index contributed by atoms with van der Waals surface area (Å²) >= 11 is 0. The minimum Gasteiger partial charge on any atom is -0.462 e. The molecule has 9 N–H and O–H groups in total. The SMILES string of the molecule is CCCCCCCCCCCC1N=C(N)NC(CCCO)=C1C(=O)OCCCC[NH+]=C(N)N. The first-order valence-corrected chi connectivity index (χ1v) is 12.7. The van der Waals surface area contributed by atoms with Crippen LogP contribution in [0, 0.1) is 0 Å². The smallest absolute Gasteiger partial charge is 0.338 e. The zero-order valence-corrected chi connectivity index (χ0v) is 20.5. The number of hydrogen-bond acceptors (Lipinski definition) is 6. The monoisotopic (exact) mass is 467 g/mol. The Bertz CT molecular complexity index is 644. The third-order valence-electron chi connectivity index (χ3n) is 5.75. The van der Waals surface area contributed by atoms with Gasteiger partial charge < -0.3 is 20.9 Å². The van der Waals surface area contributed by atoms with Crippen molar-refractivity contribution in [2.24, 2.45) is 22.2 Å². The highest BCUT2D eigenvalue weighted by Crippen LogP contribution is 2.25. The molecule has 0 bridgehead atoms. The number of nitrogens with two attached hydrogens (primary N) is 3. The van der Waals surface area contributed by atoms with Crippen molar-refractivity contribution in [3.8, 4) is 0 Å². The molecule has 33 heavy (non-hydrogen) atoms. The van der Waals surface area contributed by atoms with Crippen molar-refractivity contribution >= 4 is 17.9 Å². The summed E-state index contributed by atoms with van der Waals surface area (Å²) in [6.07, 6.45) is 14.5. The van der Waals surface area contributed by atoms with E-state index in [2.05, 4.69) is 22.2 Å². The fourth-order valence-corrected chi connectivity index (χ4v) is 3.96. The van der Waals surface area contributed by atoms with Crippen LogP contribution in [0.15, 0.2) is 16.3 Å². The standard InChI is InChI=1S/C24H46N6O3/c1-2-3-4-5-6-7-8-9-10-14-19-21(20(15-13-17-31)30-24(27)29-19)22(32)33-18-12-11-16-28-23(25)26/h19,31H,2-18H2,1H3,(H4,25,26,28)(H3,27,29,30)/p+1. The van der Waals surface area contributed by atoms with E-state index in [1.165, 1.54) is 44.9 Å². The number of rotatable bonds is 19. The molecule has 0 radical (unpaired) electrons. The van der Waals surface area contributed by atoms with Gasteiger partial charge in [0, 0.05) is 12.3 Å². The minimum absolute atomic E-state index is 0.0434. The lowest BCUT2D eigenvalue weighted by molar-refractivity contribution is -0.459. The number of nitrogens with one attached hydrogen (secondary N) is 2. The second-order valence-corrected chi connectivity index (χ2v) is 8.72. The number of allylic oxidation sites excluding steroid dienone is 1. The van der Waals surface area contributed by atoms with Gasteiger partial charge in [0.15, 0.2) is 5.96 Å². The van der Waals surface area contributed by atoms with Crippen LogP contribution in [0.2, 0.25) is 0 Å². The van der Waals surface area contributed by atoms with Crippen molar-refractivity contribution in [2.45, 2.75) is 103 Å². The van der Waals surface area contributed by atoms with Gasteiger partial charge in [-0.1, -0.05) is 64.7 Å². The van der Waals surface area contributed by atoms with Gasteiger partial charge in [-0.15, -0.1) is 0 Å². The van der Waals surface area contributed by atoms with Crippen LogP contribution in [0.3, 0.4) is 0 Å². The average Bonchev–Trinajstić information content (AvgIpc) is 2.78. The highest BCUT2D eigenvalue weighted by Gasteiger charge is 2.29. The Balaban J connectivity index is 2.57. The molecule has 1 heterocycles. The maximum absolute atomic E-state index is 12.9. The van der Waals surface area contributed by atoms with Crippen molar-refractivity contribution in [3.05, 3.63) is 11.3 Å². The topological polar surface area (TPSA) is 163 Å². The molecule has 1 aliphatic heterocycles. The minimum atomic E-state index is -0.356. The first kappa shape index (κ1) is 28.7. The Morgan fingerprint density at radius 1 is 1.03 bits per heavy atom. The Kier molecular flexibility index (Phi) is 15.8. The predicted molar refractivity (Wildman–Crippen MR) is 133 cm³/mol. The van der Waals surface area contributed by atoms with Gasteiger partial charge in [-0.3, -0.25) is 16.5 Å². The lowest BCUT2D eigenvalue weighted by Crippen LogP contribution is -2.78. The summed E-state index contributed by atoms with van der Waals surface area (Å²) in [5.41, 5.74) is 18.0. The van der Waals surface area contributed by atoms with Gasteiger partial charge in [0.2, 0.25) is 0 Å². The molecular formula is C24H47N6O3+. The number of aliphatic hydroxyl groups excluding tert-OH is 1. The highest BCUT2D eigenvalue weighted by atomic mass is 16.5. The van der Waals surface area contributed by atoms with E-state index in [1.807, 2.05) is 0 Å². The van der Waals surface area contributed by atoms with Gasteiger partial charge in [0.1, 0.15) is 0 Å². The summed E-state index contributed by atoms with van der Waals surface area (Å²) < 4.78 is 5.55. The number of aliphatic hydroxyl groups is 1. The van der Waals surface area contributed by atoms with Crippen LogP contribution in [-0.2, 0) is 9.53 Å². The lowest BCUT2D eigenvalue weighted by atomic mass is 9.95. The van der Waals surface area contributed by atoms with Crippen molar-refractivity contribution in [3.63, 3.8) is 0 Å². The molecule has 0 aromatic heterocycles. The highest BCUT2D eigenvalue weighted by molar-refractivity contribution is 5.94. The fourth-order valence-electron chi connectivity index (χ4n) is 3.96. The van der Waals surface area contributed by atoms with Crippen LogP contribution in [0.5, 0.6) is 0 Å². The molecular weight excluding hydrogens is 420 g/mol. The Morgan fingerprint density at radius 3 is 2.33 bits per heavy atom. The van der Waals surface area contributed by atoms with E-state index in [9.17, 15) is 9.90 Å². The molecule has 0 aliphatic carbocycles. The van der Waals surface area contributed by atoms with E-state index in [4.69, 9.17) is 21.9 Å². The van der Waals surface area contributed by atoms with Gasteiger partial charge >= 0.3 is 11.9 Å². The number of carbonyl (C=O) groups is 1. The van der Waals surface area contributed by atoms with E-state index in [0.717, 1.165) is 31.4 Å². The number of aliphatic imine (C=N–C) groups is 1. The molecule has 0 spiro atoms. The summed E-state index contributed by atoms with van der Waals surface area (Å²) in [7, 11) is 0. The number of hydrogen-bond donors (Lipinski definition) is 6. The van der Waals surface area contributed by atoms with Crippen molar-refractivity contribution in [1.29, 1.82) is 0 Å². The van der Waals surface area contributed by atoms with Gasteiger partial charge in [0.05, 0.1) is 24.8 Å². The first-order chi connectivity index (χ1) is 16.0. The third kappa shape index (κ3) is 13.1. The zero-order valence-electron chi connectivity index (χ0n) is 20.5. The van der Waals surface area contributed by atoms with Gasteiger partial charge in [-0.05, 0) is 32.1 Å². The predicted octanol–water partition coefficient (Wildman–Crippen LogP) is 0.898. The van der Waals surface area contributed by atoms with Crippen LogP contribution >= 0.6 is 0 Å². The molecule has 0 fully saturated rings. The number of esters is 1. The lowest BCUT2D eigenvalue weighted by Gasteiger charge is -2.26. The number of guanidine groups is 2. The molecule has 190 valence electrons. The molecule has 0 amide bonds. The summed E-state index contributed by atoms with van der Waals surface area (Å²) in [6, 6.07) is -0.301. The van der Waals surface area contributed by atoms with Crippen LogP contribution in [0.1, 0.15) is 96.8 Å². The molecule has 0 saturated heterocycles. The van der Waals surface area contributed by atoms with E-state index in [-0.39, 0.29) is 24.6 Å². The largest absolute Gasteiger partial charge is 0.462 e. The second kappa shape index (κ2) is 18.2. The number of carbonyl (C=O) groups excluding carboxylic acids is 1. The average molecular weight is 468 g/mol. The van der Waals surface area contributed by atoms with Gasteiger partial charge in [-0.2, -0.15) is 0 Å². The molecule has 0 aromatic rings. The summed E-state index contributed by atoms with van der Waals surface area (Å²) in [6.45, 7) is 3.22. The van der Waals surface area contributed by atoms with E-state index in [0.29, 0.717) is 43.9 Å². The molecule has 1 aliphatic rings. The maximum Gasteiger partial charge on any atom is 0.338 e. The molecule has 1 unspecified atom stereocenters. The second-order valence-electron chi connectivity index (χ2n) is 8.72. The Morgan fingerprint density at radius 2 is 1.70 bits per heavy atom. The summed E-state index contributed by atoms with van der Waals surface area (Å²) in [4.78, 5) is 20.3. The molecule has 1 atom stereocenters. The van der Waals surface area contributed by atoms with Crippen molar-refractivity contribution in [1.82, 2.24) is 5.32 Å². The number of nitrogens with zero attached hydrogens (tertiary/aromatic N) is 1. The zero-order chi connectivity index (χ0) is 24.3. The van der Waals surface area contributed by atoms with Crippen molar-refractivity contribution in [2.75, 3.05) is 19.8 Å². The third-order valence-corrected chi connectivity index (χ3v) is 5.75. The normalized spacial score (nSPS) is 15.7.